The molecule has 0 saturated heterocycles. The van der Waals surface area contributed by atoms with Gasteiger partial charge in [0.1, 0.15) is 23.7 Å². The van der Waals surface area contributed by atoms with Gasteiger partial charge in [0.15, 0.2) is 0 Å². The van der Waals surface area contributed by atoms with E-state index >= 15 is 4.39 Å². The summed E-state index contributed by atoms with van der Waals surface area (Å²) in [6, 6.07) is 2.37. The van der Waals surface area contributed by atoms with Crippen molar-refractivity contribution in [3.63, 3.8) is 0 Å². The lowest BCUT2D eigenvalue weighted by atomic mass is 9.79. The van der Waals surface area contributed by atoms with Crippen LogP contribution in [0.5, 0.6) is 0 Å². The summed E-state index contributed by atoms with van der Waals surface area (Å²) >= 11 is 0. The van der Waals surface area contributed by atoms with Gasteiger partial charge in [0.2, 0.25) is 11.9 Å². The van der Waals surface area contributed by atoms with E-state index in [2.05, 4.69) is 37.9 Å². The molecule has 4 rings (SSSR count). The fraction of sp³-hybridized carbons (Fsp3) is 0.500. The summed E-state index contributed by atoms with van der Waals surface area (Å²) < 4.78 is 20.0. The lowest BCUT2D eigenvalue weighted by molar-refractivity contribution is -0.119. The number of hydrogen-bond acceptors (Lipinski definition) is 6. The number of carbonyl (C=O) groups excluding carboxylic acids is 2. The normalized spacial score (nSPS) is 18.6. The van der Waals surface area contributed by atoms with Crippen LogP contribution >= 0.6 is 0 Å². The molecule has 0 aliphatic heterocycles. The molecule has 1 aliphatic rings. The van der Waals surface area contributed by atoms with Crippen molar-refractivity contribution in [2.75, 3.05) is 5.32 Å². The molecular formula is C26H33FN6O3. The average molecular weight is 497 g/mol. The van der Waals surface area contributed by atoms with Crippen molar-refractivity contribution in [3.05, 3.63) is 47.0 Å². The molecule has 2 amide bonds. The second kappa shape index (κ2) is 11.0. The van der Waals surface area contributed by atoms with E-state index in [-0.39, 0.29) is 11.7 Å². The first-order valence-electron chi connectivity index (χ1n) is 12.6. The SMILES string of the molecule is CCc1nocc1C(=O)N[C@H](C(=O)Nc1ccc(-c2c(C)n[nH]c2CC)c(F)n1)[C@H]1CC[C@H](C)CC1. The van der Waals surface area contributed by atoms with Crippen LogP contribution in [0.1, 0.15) is 73.9 Å². The zero-order chi connectivity index (χ0) is 25.8. The highest BCUT2D eigenvalue weighted by molar-refractivity contribution is 6.01. The number of carbonyl (C=O) groups is 2. The Bertz CT molecular complexity index is 1230. The van der Waals surface area contributed by atoms with Gasteiger partial charge in [-0.2, -0.15) is 9.49 Å². The van der Waals surface area contributed by atoms with Crippen LogP contribution in [-0.4, -0.2) is 38.2 Å². The van der Waals surface area contributed by atoms with E-state index in [1.165, 1.54) is 6.26 Å². The topological polar surface area (TPSA) is 126 Å². The second-order valence-electron chi connectivity index (χ2n) is 9.54. The van der Waals surface area contributed by atoms with Crippen LogP contribution in [0.2, 0.25) is 0 Å². The van der Waals surface area contributed by atoms with Crippen LogP contribution in [0.15, 0.2) is 22.9 Å². The molecule has 0 spiro atoms. The number of halogens is 1. The Morgan fingerprint density at radius 3 is 2.61 bits per heavy atom. The number of H-pyrrole nitrogens is 1. The third kappa shape index (κ3) is 5.32. The number of anilines is 1. The molecule has 0 bridgehead atoms. The van der Waals surface area contributed by atoms with Crippen LogP contribution in [-0.2, 0) is 17.6 Å². The summed E-state index contributed by atoms with van der Waals surface area (Å²) in [6.07, 6.45) is 6.06. The number of rotatable bonds is 8. The Balaban J connectivity index is 1.55. The van der Waals surface area contributed by atoms with Gasteiger partial charge in [-0.3, -0.25) is 14.7 Å². The summed E-state index contributed by atoms with van der Waals surface area (Å²) in [4.78, 5) is 30.4. The summed E-state index contributed by atoms with van der Waals surface area (Å²) in [5.74, 6) is -0.915. The van der Waals surface area contributed by atoms with Gasteiger partial charge in [0.05, 0.1) is 11.4 Å². The molecule has 1 atom stereocenters. The lowest BCUT2D eigenvalue weighted by Gasteiger charge is -2.32. The number of aromatic nitrogens is 4. The first kappa shape index (κ1) is 25.5. The molecule has 192 valence electrons. The van der Waals surface area contributed by atoms with E-state index in [1.807, 2.05) is 13.8 Å². The third-order valence-electron chi connectivity index (χ3n) is 7.07. The van der Waals surface area contributed by atoms with E-state index in [0.29, 0.717) is 46.8 Å². The lowest BCUT2D eigenvalue weighted by Crippen LogP contribution is -2.49. The smallest absolute Gasteiger partial charge is 0.257 e. The number of aryl methyl sites for hydroxylation is 3. The van der Waals surface area contributed by atoms with Crippen molar-refractivity contribution in [3.8, 4) is 11.1 Å². The minimum Gasteiger partial charge on any atom is -0.364 e. The van der Waals surface area contributed by atoms with Crippen LogP contribution < -0.4 is 10.6 Å². The van der Waals surface area contributed by atoms with Gasteiger partial charge in [-0.05, 0) is 56.6 Å². The Morgan fingerprint density at radius 2 is 1.94 bits per heavy atom. The molecule has 9 nitrogen and oxygen atoms in total. The van der Waals surface area contributed by atoms with Crippen molar-refractivity contribution in [1.29, 1.82) is 0 Å². The standard InChI is InChI=1S/C26H33FN6O3/c1-5-19-18(13-36-33-19)25(34)30-23(16-9-7-14(3)8-10-16)26(35)29-21-12-11-17(24(27)28-21)22-15(4)31-32-20(22)6-2/h11-14,16,23H,5-10H2,1-4H3,(H,30,34)(H,31,32)(H,28,29,35)/t14-,16-,23-/m0/s1. The van der Waals surface area contributed by atoms with E-state index < -0.39 is 23.8 Å². The van der Waals surface area contributed by atoms with Crippen molar-refractivity contribution in [2.45, 2.75) is 72.3 Å². The molecule has 36 heavy (non-hydrogen) atoms. The van der Waals surface area contributed by atoms with Gasteiger partial charge in [0, 0.05) is 16.8 Å². The highest BCUT2D eigenvalue weighted by Gasteiger charge is 2.34. The van der Waals surface area contributed by atoms with Gasteiger partial charge in [0.25, 0.3) is 5.91 Å². The Labute approximate surface area is 209 Å². The zero-order valence-corrected chi connectivity index (χ0v) is 21.2. The third-order valence-corrected chi connectivity index (χ3v) is 7.07. The van der Waals surface area contributed by atoms with Gasteiger partial charge in [-0.1, -0.05) is 38.8 Å². The van der Waals surface area contributed by atoms with Crippen LogP contribution in [0, 0.1) is 24.7 Å². The van der Waals surface area contributed by atoms with Gasteiger partial charge < -0.3 is 15.2 Å². The summed E-state index contributed by atoms with van der Waals surface area (Å²) in [5.41, 5.74) is 3.35. The number of nitrogens with zero attached hydrogens (tertiary/aromatic N) is 3. The maximum atomic E-state index is 15.0. The highest BCUT2D eigenvalue weighted by Crippen LogP contribution is 2.32. The monoisotopic (exact) mass is 496 g/mol. The van der Waals surface area contributed by atoms with E-state index in [1.54, 1.807) is 19.1 Å². The highest BCUT2D eigenvalue weighted by atomic mass is 19.1. The van der Waals surface area contributed by atoms with E-state index in [4.69, 9.17) is 4.52 Å². The molecular weight excluding hydrogens is 463 g/mol. The Hall–Kier alpha value is -3.56. The maximum absolute atomic E-state index is 15.0. The number of hydrogen-bond donors (Lipinski definition) is 3. The minimum atomic E-state index is -0.794. The van der Waals surface area contributed by atoms with Crippen molar-refractivity contribution >= 4 is 17.6 Å². The molecule has 3 N–H and O–H groups in total. The average Bonchev–Trinajstić information content (AvgIpc) is 3.49. The molecule has 0 radical (unpaired) electrons. The molecule has 0 unspecified atom stereocenters. The van der Waals surface area contributed by atoms with Gasteiger partial charge >= 0.3 is 0 Å². The Morgan fingerprint density at radius 1 is 1.19 bits per heavy atom. The molecule has 1 fully saturated rings. The molecule has 3 heterocycles. The number of pyridine rings is 1. The van der Waals surface area contributed by atoms with Crippen molar-refractivity contribution in [2.24, 2.45) is 11.8 Å². The first-order chi connectivity index (χ1) is 17.3. The number of nitrogens with one attached hydrogen (secondary N) is 3. The molecule has 10 heteroatoms. The summed E-state index contributed by atoms with van der Waals surface area (Å²) in [6.45, 7) is 7.83. The maximum Gasteiger partial charge on any atom is 0.257 e. The Kier molecular flexibility index (Phi) is 7.81. The first-order valence-corrected chi connectivity index (χ1v) is 12.6. The zero-order valence-electron chi connectivity index (χ0n) is 21.2. The second-order valence-corrected chi connectivity index (χ2v) is 9.54. The van der Waals surface area contributed by atoms with E-state index in [0.717, 1.165) is 31.4 Å². The summed E-state index contributed by atoms with van der Waals surface area (Å²) in [7, 11) is 0. The fourth-order valence-electron chi connectivity index (χ4n) is 4.92. The van der Waals surface area contributed by atoms with Crippen molar-refractivity contribution < 1.29 is 18.5 Å². The summed E-state index contributed by atoms with van der Waals surface area (Å²) in [5, 5.41) is 16.6. The quantitative estimate of drug-likeness (QED) is 0.392. The largest absolute Gasteiger partial charge is 0.364 e. The van der Waals surface area contributed by atoms with Crippen molar-refractivity contribution in [1.82, 2.24) is 25.7 Å². The predicted octanol–water partition coefficient (Wildman–Crippen LogP) is 4.60. The fourth-order valence-corrected chi connectivity index (χ4v) is 4.92. The molecule has 3 aromatic rings. The molecule has 1 aliphatic carbocycles. The van der Waals surface area contributed by atoms with E-state index in [9.17, 15) is 9.59 Å². The molecule has 3 aromatic heterocycles. The minimum absolute atomic E-state index is 0.0418. The van der Waals surface area contributed by atoms with Gasteiger partial charge in [-0.25, -0.2) is 4.98 Å². The number of amides is 2. The number of aromatic amines is 1. The molecule has 0 aromatic carbocycles. The predicted molar refractivity (Wildman–Crippen MR) is 133 cm³/mol. The molecule has 1 saturated carbocycles. The van der Waals surface area contributed by atoms with Crippen LogP contribution in [0.3, 0.4) is 0 Å². The van der Waals surface area contributed by atoms with Crippen LogP contribution in [0.4, 0.5) is 10.2 Å². The van der Waals surface area contributed by atoms with Crippen LogP contribution in [0.25, 0.3) is 11.1 Å². The van der Waals surface area contributed by atoms with Gasteiger partial charge in [-0.15, -0.1) is 0 Å².